The third-order valence-electron chi connectivity index (χ3n) is 6.58. The molecule has 0 radical (unpaired) electrons. The number of fused-ring (bicyclic) bond motifs is 1. The molecule has 4 nitrogen and oxygen atoms in total. The van der Waals surface area contributed by atoms with Crippen LogP contribution in [0.3, 0.4) is 0 Å². The standard InChI is InChI=1S/C31H40N2O2/c1-30(2,3)29(34)28(32-31(4,5)6)20-22-7-8-26-21-25(10-9-24(26)19-22)23-11-13-27(14-12-23)33-15-17-35-18-16-33/h7-14,19,21,28,32H,15-18,20H2,1-6H3. The molecular formula is C31H40N2O2. The number of nitrogens with one attached hydrogen (secondary N) is 1. The van der Waals surface area contributed by atoms with Crippen molar-refractivity contribution in [3.63, 3.8) is 0 Å². The topological polar surface area (TPSA) is 41.6 Å². The Hall–Kier alpha value is -2.69. The van der Waals surface area contributed by atoms with Crippen molar-refractivity contribution in [1.29, 1.82) is 0 Å². The molecule has 1 fully saturated rings. The van der Waals surface area contributed by atoms with E-state index in [0.29, 0.717) is 6.42 Å². The Kier molecular flexibility index (Phi) is 7.35. The Morgan fingerprint density at radius 1 is 0.857 bits per heavy atom. The molecular weight excluding hydrogens is 432 g/mol. The Morgan fingerprint density at radius 2 is 1.46 bits per heavy atom. The second-order valence-corrected chi connectivity index (χ2v) is 11.8. The fourth-order valence-corrected chi connectivity index (χ4v) is 4.78. The number of carbonyl (C=O) groups is 1. The summed E-state index contributed by atoms with van der Waals surface area (Å²) in [5.74, 6) is 0.253. The molecule has 1 N–H and O–H groups in total. The lowest BCUT2D eigenvalue weighted by Gasteiger charge is -2.32. The summed E-state index contributed by atoms with van der Waals surface area (Å²) in [4.78, 5) is 15.5. The van der Waals surface area contributed by atoms with E-state index in [-0.39, 0.29) is 22.8 Å². The van der Waals surface area contributed by atoms with Crippen molar-refractivity contribution in [2.24, 2.45) is 5.41 Å². The molecule has 1 aliphatic rings. The molecule has 1 heterocycles. The highest BCUT2D eigenvalue weighted by Crippen LogP contribution is 2.28. The average molecular weight is 473 g/mol. The minimum Gasteiger partial charge on any atom is -0.378 e. The predicted molar refractivity (Wildman–Crippen MR) is 147 cm³/mol. The number of benzene rings is 3. The minimum atomic E-state index is -0.383. The quantitative estimate of drug-likeness (QED) is 0.460. The minimum absolute atomic E-state index is 0.130. The molecule has 0 saturated carbocycles. The Bertz CT molecular complexity index is 1160. The molecule has 0 amide bonds. The number of ether oxygens (including phenoxy) is 1. The van der Waals surface area contributed by atoms with Crippen molar-refractivity contribution in [2.75, 3.05) is 31.2 Å². The Labute approximate surface area is 210 Å². The van der Waals surface area contributed by atoms with E-state index >= 15 is 0 Å². The van der Waals surface area contributed by atoms with Crippen LogP contribution in [0.4, 0.5) is 5.69 Å². The first-order valence-corrected chi connectivity index (χ1v) is 12.8. The summed E-state index contributed by atoms with van der Waals surface area (Å²) >= 11 is 0. The summed E-state index contributed by atoms with van der Waals surface area (Å²) in [6.45, 7) is 15.8. The van der Waals surface area contributed by atoms with E-state index < -0.39 is 0 Å². The van der Waals surface area contributed by atoms with Gasteiger partial charge in [0.25, 0.3) is 0 Å². The summed E-state index contributed by atoms with van der Waals surface area (Å²) in [6, 6.07) is 21.9. The zero-order valence-corrected chi connectivity index (χ0v) is 22.2. The van der Waals surface area contributed by atoms with Crippen LogP contribution >= 0.6 is 0 Å². The van der Waals surface area contributed by atoms with Gasteiger partial charge in [0, 0.05) is 29.7 Å². The van der Waals surface area contributed by atoms with E-state index in [4.69, 9.17) is 4.74 Å². The number of morpholine rings is 1. The van der Waals surface area contributed by atoms with Gasteiger partial charge in [0.05, 0.1) is 19.3 Å². The average Bonchev–Trinajstić information content (AvgIpc) is 2.82. The SMILES string of the molecule is CC(C)(C)NC(Cc1ccc2cc(-c3ccc(N4CCOCC4)cc3)ccc2c1)C(=O)C(C)(C)C. The predicted octanol–water partition coefficient (Wildman–Crippen LogP) is 6.26. The van der Waals surface area contributed by atoms with Gasteiger partial charge in [-0.05, 0) is 72.9 Å². The second kappa shape index (κ2) is 10.1. The van der Waals surface area contributed by atoms with Crippen LogP contribution in [0, 0.1) is 5.41 Å². The van der Waals surface area contributed by atoms with Gasteiger partial charge in [0.2, 0.25) is 0 Å². The zero-order valence-electron chi connectivity index (χ0n) is 22.2. The molecule has 3 aromatic rings. The molecule has 1 saturated heterocycles. The van der Waals surface area contributed by atoms with Crippen molar-refractivity contribution in [3.05, 3.63) is 66.2 Å². The Balaban J connectivity index is 1.53. The van der Waals surface area contributed by atoms with Gasteiger partial charge in [0.1, 0.15) is 0 Å². The number of Topliss-reactive ketones (excluding diaryl/α,β-unsaturated/α-hetero) is 1. The van der Waals surface area contributed by atoms with Crippen molar-refractivity contribution >= 4 is 22.2 Å². The Morgan fingerprint density at radius 3 is 2.09 bits per heavy atom. The van der Waals surface area contributed by atoms with E-state index in [1.807, 2.05) is 20.8 Å². The molecule has 4 rings (SSSR count). The zero-order chi connectivity index (χ0) is 25.2. The van der Waals surface area contributed by atoms with E-state index in [1.54, 1.807) is 0 Å². The number of hydrogen-bond donors (Lipinski definition) is 1. The fourth-order valence-electron chi connectivity index (χ4n) is 4.78. The van der Waals surface area contributed by atoms with E-state index in [0.717, 1.165) is 26.3 Å². The van der Waals surface area contributed by atoms with Gasteiger partial charge in [-0.25, -0.2) is 0 Å². The number of anilines is 1. The number of nitrogens with zero attached hydrogens (tertiary/aromatic N) is 1. The summed E-state index contributed by atoms with van der Waals surface area (Å²) in [7, 11) is 0. The maximum absolute atomic E-state index is 13.2. The third-order valence-corrected chi connectivity index (χ3v) is 6.58. The van der Waals surface area contributed by atoms with Crippen LogP contribution in [-0.4, -0.2) is 43.7 Å². The van der Waals surface area contributed by atoms with E-state index in [1.165, 1.54) is 33.2 Å². The molecule has 0 aromatic heterocycles. The molecule has 1 unspecified atom stereocenters. The van der Waals surface area contributed by atoms with Crippen LogP contribution in [0.5, 0.6) is 0 Å². The highest BCUT2D eigenvalue weighted by Gasteiger charge is 2.32. The first kappa shape index (κ1) is 25.4. The highest BCUT2D eigenvalue weighted by atomic mass is 16.5. The first-order valence-electron chi connectivity index (χ1n) is 12.8. The molecule has 3 aromatic carbocycles. The normalized spacial score (nSPS) is 15.9. The number of rotatable bonds is 6. The summed E-state index contributed by atoms with van der Waals surface area (Å²) in [5, 5.41) is 5.97. The van der Waals surface area contributed by atoms with Crippen LogP contribution < -0.4 is 10.2 Å². The van der Waals surface area contributed by atoms with Crippen molar-refractivity contribution in [1.82, 2.24) is 5.32 Å². The summed E-state index contributed by atoms with van der Waals surface area (Å²) < 4.78 is 5.47. The van der Waals surface area contributed by atoms with Gasteiger partial charge < -0.3 is 15.0 Å². The largest absolute Gasteiger partial charge is 0.378 e. The second-order valence-electron chi connectivity index (χ2n) is 11.8. The lowest BCUT2D eigenvalue weighted by molar-refractivity contribution is -0.128. The van der Waals surface area contributed by atoms with Crippen LogP contribution in [-0.2, 0) is 16.0 Å². The number of hydrogen-bond acceptors (Lipinski definition) is 4. The van der Waals surface area contributed by atoms with Gasteiger partial charge >= 0.3 is 0 Å². The van der Waals surface area contributed by atoms with Crippen LogP contribution in [0.2, 0.25) is 0 Å². The monoisotopic (exact) mass is 472 g/mol. The molecule has 1 aliphatic heterocycles. The fraction of sp³-hybridized carbons (Fsp3) is 0.452. The van der Waals surface area contributed by atoms with Gasteiger partial charge in [-0.2, -0.15) is 0 Å². The van der Waals surface area contributed by atoms with Crippen LogP contribution in [0.25, 0.3) is 21.9 Å². The highest BCUT2D eigenvalue weighted by molar-refractivity contribution is 5.90. The number of ketones is 1. The first-order chi connectivity index (χ1) is 16.5. The molecule has 35 heavy (non-hydrogen) atoms. The summed E-state index contributed by atoms with van der Waals surface area (Å²) in [6.07, 6.45) is 0.689. The molecule has 0 spiro atoms. The van der Waals surface area contributed by atoms with E-state index in [9.17, 15) is 4.79 Å². The van der Waals surface area contributed by atoms with Gasteiger partial charge in [-0.1, -0.05) is 63.2 Å². The summed E-state index contributed by atoms with van der Waals surface area (Å²) in [5.41, 5.74) is 4.36. The van der Waals surface area contributed by atoms with Crippen LogP contribution in [0.15, 0.2) is 60.7 Å². The lowest BCUT2D eigenvalue weighted by atomic mass is 9.83. The molecule has 4 heteroatoms. The van der Waals surface area contributed by atoms with Crippen molar-refractivity contribution in [3.8, 4) is 11.1 Å². The van der Waals surface area contributed by atoms with Gasteiger partial charge in [-0.15, -0.1) is 0 Å². The van der Waals surface area contributed by atoms with Crippen molar-refractivity contribution < 1.29 is 9.53 Å². The van der Waals surface area contributed by atoms with Gasteiger partial charge in [-0.3, -0.25) is 4.79 Å². The maximum atomic E-state index is 13.2. The maximum Gasteiger partial charge on any atom is 0.155 e. The molecule has 186 valence electrons. The van der Waals surface area contributed by atoms with E-state index in [2.05, 4.69) is 91.7 Å². The lowest BCUT2D eigenvalue weighted by Crippen LogP contribution is -2.51. The van der Waals surface area contributed by atoms with Crippen LogP contribution in [0.1, 0.15) is 47.1 Å². The third kappa shape index (κ3) is 6.50. The van der Waals surface area contributed by atoms with Crippen molar-refractivity contribution in [2.45, 2.75) is 59.5 Å². The molecule has 0 aliphatic carbocycles. The molecule has 1 atom stereocenters. The van der Waals surface area contributed by atoms with Gasteiger partial charge in [0.15, 0.2) is 5.78 Å². The smallest absolute Gasteiger partial charge is 0.155 e. The number of carbonyl (C=O) groups excluding carboxylic acids is 1. The molecule has 0 bridgehead atoms.